The number of nitrogens with one attached hydrogen (secondary N) is 1. The van der Waals surface area contributed by atoms with Gasteiger partial charge in [-0.1, -0.05) is 25.2 Å². The minimum absolute atomic E-state index is 0.495. The van der Waals surface area contributed by atoms with Gasteiger partial charge in [0.25, 0.3) is 5.88 Å². The molecule has 4 heterocycles. The Morgan fingerprint density at radius 3 is 2.57 bits per heavy atom. The van der Waals surface area contributed by atoms with Crippen LogP contribution in [0.4, 0.5) is 10.8 Å². The van der Waals surface area contributed by atoms with E-state index in [1.807, 2.05) is 58.0 Å². The van der Waals surface area contributed by atoms with Crippen LogP contribution >= 0.6 is 11.3 Å². The van der Waals surface area contributed by atoms with E-state index in [0.717, 1.165) is 32.4 Å². The van der Waals surface area contributed by atoms with Crippen LogP contribution in [-0.2, 0) is 0 Å². The summed E-state index contributed by atoms with van der Waals surface area (Å²) in [5.41, 5.74) is 3.40. The molecule has 0 spiro atoms. The molecule has 0 saturated heterocycles. The normalized spacial score (nSPS) is 10.3. The first-order valence-electron chi connectivity index (χ1n) is 9.97. The summed E-state index contributed by atoms with van der Waals surface area (Å²) in [7, 11) is 0. The van der Waals surface area contributed by atoms with Gasteiger partial charge < -0.3 is 14.8 Å². The first-order chi connectivity index (χ1) is 14.8. The van der Waals surface area contributed by atoms with E-state index < -0.39 is 0 Å². The van der Waals surface area contributed by atoms with Crippen LogP contribution in [0.5, 0.6) is 11.6 Å². The molecule has 30 heavy (non-hydrogen) atoms. The predicted molar refractivity (Wildman–Crippen MR) is 122 cm³/mol. The van der Waals surface area contributed by atoms with Crippen molar-refractivity contribution in [3.8, 4) is 22.9 Å². The van der Waals surface area contributed by atoms with Crippen LogP contribution in [0.1, 0.15) is 27.7 Å². The van der Waals surface area contributed by atoms with E-state index in [-0.39, 0.29) is 0 Å². The SMILES string of the molecule is CC.CCOc1cc(-c2ccc3nc(Nc4cccnc4)sc3n2)cnc1OCC. The molecule has 0 radical (unpaired) electrons. The van der Waals surface area contributed by atoms with Gasteiger partial charge in [0, 0.05) is 18.0 Å². The summed E-state index contributed by atoms with van der Waals surface area (Å²) in [6.45, 7) is 8.92. The number of fused-ring (bicyclic) bond motifs is 1. The van der Waals surface area contributed by atoms with Gasteiger partial charge in [0.05, 0.1) is 30.8 Å². The topological polar surface area (TPSA) is 82.0 Å². The minimum Gasteiger partial charge on any atom is -0.488 e. The molecule has 4 rings (SSSR count). The molecule has 7 nitrogen and oxygen atoms in total. The molecule has 4 aromatic rings. The van der Waals surface area contributed by atoms with E-state index in [1.54, 1.807) is 18.6 Å². The lowest BCUT2D eigenvalue weighted by Gasteiger charge is -2.11. The number of ether oxygens (including phenoxy) is 2. The number of hydrogen-bond donors (Lipinski definition) is 1. The molecule has 0 bridgehead atoms. The quantitative estimate of drug-likeness (QED) is 0.407. The standard InChI is InChI=1S/C20H19N5O2S.C2H6/c1-3-26-17-10-13(11-22-18(17)27-4-2)15-7-8-16-19(24-15)28-20(25-16)23-14-6-5-9-21-12-14;1-2/h5-12H,3-4H2,1-2H3,(H,23,25);1-2H3. The third-order valence-corrected chi connectivity index (χ3v) is 4.74. The summed E-state index contributed by atoms with van der Waals surface area (Å²) in [6.07, 6.45) is 5.24. The van der Waals surface area contributed by atoms with Crippen molar-refractivity contribution < 1.29 is 9.47 Å². The molecule has 0 aliphatic carbocycles. The number of pyridine rings is 3. The fourth-order valence-corrected chi connectivity index (χ4v) is 3.53. The Labute approximate surface area is 180 Å². The maximum atomic E-state index is 5.67. The molecule has 0 amide bonds. The zero-order valence-corrected chi connectivity index (χ0v) is 18.4. The molecule has 156 valence electrons. The highest BCUT2D eigenvalue weighted by atomic mass is 32.1. The summed E-state index contributed by atoms with van der Waals surface area (Å²) in [4.78, 5) is 18.7. The molecule has 0 aliphatic rings. The van der Waals surface area contributed by atoms with Crippen molar-refractivity contribution in [2.75, 3.05) is 18.5 Å². The number of hydrogen-bond acceptors (Lipinski definition) is 8. The van der Waals surface area contributed by atoms with E-state index in [0.29, 0.717) is 24.8 Å². The van der Waals surface area contributed by atoms with Gasteiger partial charge in [-0.2, -0.15) is 0 Å². The Hall–Kier alpha value is -3.26. The summed E-state index contributed by atoms with van der Waals surface area (Å²) >= 11 is 1.49. The Bertz CT molecular complexity index is 1090. The lowest BCUT2D eigenvalue weighted by atomic mass is 10.2. The van der Waals surface area contributed by atoms with Gasteiger partial charge in [0.2, 0.25) is 0 Å². The zero-order valence-electron chi connectivity index (χ0n) is 17.5. The molecule has 4 aromatic heterocycles. The van der Waals surface area contributed by atoms with Crippen LogP contribution in [0.15, 0.2) is 48.9 Å². The van der Waals surface area contributed by atoms with Gasteiger partial charge in [-0.15, -0.1) is 0 Å². The average molecular weight is 424 g/mol. The first-order valence-corrected chi connectivity index (χ1v) is 10.8. The minimum atomic E-state index is 0.495. The lowest BCUT2D eigenvalue weighted by molar-refractivity contribution is 0.278. The van der Waals surface area contributed by atoms with Crippen LogP contribution < -0.4 is 14.8 Å². The Kier molecular flexibility index (Phi) is 7.51. The fraction of sp³-hybridized carbons (Fsp3) is 0.273. The van der Waals surface area contributed by atoms with E-state index in [9.17, 15) is 0 Å². The second-order valence-corrected chi connectivity index (χ2v) is 6.78. The monoisotopic (exact) mass is 423 g/mol. The Morgan fingerprint density at radius 1 is 1.00 bits per heavy atom. The smallest absolute Gasteiger partial charge is 0.257 e. The van der Waals surface area contributed by atoms with Gasteiger partial charge >= 0.3 is 0 Å². The number of aromatic nitrogens is 4. The number of nitrogens with zero attached hydrogens (tertiary/aromatic N) is 4. The summed E-state index contributed by atoms with van der Waals surface area (Å²) < 4.78 is 11.2. The highest BCUT2D eigenvalue weighted by Gasteiger charge is 2.12. The van der Waals surface area contributed by atoms with Crippen molar-refractivity contribution in [3.05, 3.63) is 48.9 Å². The van der Waals surface area contributed by atoms with E-state index >= 15 is 0 Å². The second kappa shape index (κ2) is 10.5. The first kappa shape index (κ1) is 21.4. The van der Waals surface area contributed by atoms with Gasteiger partial charge in [-0.05, 0) is 44.2 Å². The number of rotatable bonds is 7. The van der Waals surface area contributed by atoms with E-state index in [2.05, 4.69) is 20.3 Å². The van der Waals surface area contributed by atoms with Crippen molar-refractivity contribution in [3.63, 3.8) is 0 Å². The van der Waals surface area contributed by atoms with Crippen molar-refractivity contribution in [2.45, 2.75) is 27.7 Å². The van der Waals surface area contributed by atoms with Gasteiger partial charge in [0.1, 0.15) is 10.3 Å². The molecule has 0 atom stereocenters. The second-order valence-electron chi connectivity index (χ2n) is 5.80. The van der Waals surface area contributed by atoms with Crippen molar-refractivity contribution in [1.29, 1.82) is 0 Å². The van der Waals surface area contributed by atoms with Crippen LogP contribution in [0.2, 0.25) is 0 Å². The molecule has 0 aliphatic heterocycles. The maximum Gasteiger partial charge on any atom is 0.257 e. The van der Waals surface area contributed by atoms with Crippen LogP contribution in [0.25, 0.3) is 21.6 Å². The van der Waals surface area contributed by atoms with Crippen molar-refractivity contribution in [1.82, 2.24) is 19.9 Å². The lowest BCUT2D eigenvalue weighted by Crippen LogP contribution is -2.01. The Morgan fingerprint density at radius 2 is 1.83 bits per heavy atom. The van der Waals surface area contributed by atoms with E-state index in [4.69, 9.17) is 14.5 Å². The number of anilines is 2. The van der Waals surface area contributed by atoms with Crippen LogP contribution in [0, 0.1) is 0 Å². The third-order valence-electron chi connectivity index (χ3n) is 3.86. The average Bonchev–Trinajstić information content (AvgIpc) is 3.19. The van der Waals surface area contributed by atoms with Gasteiger partial charge in [-0.3, -0.25) is 4.98 Å². The molecular formula is C22H25N5O2S. The van der Waals surface area contributed by atoms with E-state index in [1.165, 1.54) is 11.3 Å². The highest BCUT2D eigenvalue weighted by molar-refractivity contribution is 7.21. The molecule has 0 aromatic carbocycles. The van der Waals surface area contributed by atoms with Crippen molar-refractivity contribution in [2.24, 2.45) is 0 Å². The molecule has 1 N–H and O–H groups in total. The molecule has 8 heteroatoms. The Balaban J connectivity index is 0.00000124. The summed E-state index contributed by atoms with van der Waals surface area (Å²) in [5.74, 6) is 1.11. The number of thiazole rings is 1. The predicted octanol–water partition coefficient (Wildman–Crippen LogP) is 5.72. The molecule has 0 fully saturated rings. The molecule has 0 saturated carbocycles. The molecular weight excluding hydrogens is 398 g/mol. The third kappa shape index (κ3) is 5.01. The van der Waals surface area contributed by atoms with Gasteiger partial charge in [0.15, 0.2) is 10.9 Å². The molecule has 0 unspecified atom stereocenters. The largest absolute Gasteiger partial charge is 0.488 e. The summed E-state index contributed by atoms with van der Waals surface area (Å²) in [6, 6.07) is 9.62. The van der Waals surface area contributed by atoms with Gasteiger partial charge in [-0.25, -0.2) is 15.0 Å². The summed E-state index contributed by atoms with van der Waals surface area (Å²) in [5, 5.41) is 4.03. The van der Waals surface area contributed by atoms with Crippen molar-refractivity contribution >= 4 is 32.5 Å². The maximum absolute atomic E-state index is 5.67. The fourth-order valence-electron chi connectivity index (χ4n) is 2.67. The zero-order chi connectivity index (χ0) is 21.3. The van der Waals surface area contributed by atoms with Crippen LogP contribution in [-0.4, -0.2) is 33.1 Å². The highest BCUT2D eigenvalue weighted by Crippen LogP contribution is 2.32. The van der Waals surface area contributed by atoms with Crippen LogP contribution in [0.3, 0.4) is 0 Å².